The lowest BCUT2D eigenvalue weighted by atomic mass is 10.1. The molecule has 0 fully saturated rings. The first-order valence-corrected chi connectivity index (χ1v) is 6.43. The van der Waals surface area contributed by atoms with Crippen LogP contribution in [0.25, 0.3) is 0 Å². The van der Waals surface area contributed by atoms with Gasteiger partial charge in [-0.2, -0.15) is 0 Å². The minimum absolute atomic E-state index is 0.0677. The van der Waals surface area contributed by atoms with E-state index in [1.807, 2.05) is 20.8 Å². The van der Waals surface area contributed by atoms with Gasteiger partial charge in [-0.1, -0.05) is 24.3 Å². The minimum atomic E-state index is -0.0677. The highest BCUT2D eigenvalue weighted by Crippen LogP contribution is 2.26. The van der Waals surface area contributed by atoms with E-state index in [4.69, 9.17) is 4.74 Å². The zero-order valence-electron chi connectivity index (χ0n) is 12.3. The van der Waals surface area contributed by atoms with E-state index in [2.05, 4.69) is 43.6 Å². The molecular formula is C16H25NO. The van der Waals surface area contributed by atoms with Gasteiger partial charge in [0.25, 0.3) is 0 Å². The van der Waals surface area contributed by atoms with E-state index in [9.17, 15) is 0 Å². The maximum absolute atomic E-state index is 4.99. The maximum Gasteiger partial charge on any atom is 0.0997 e. The van der Waals surface area contributed by atoms with Crippen LogP contribution in [0.15, 0.2) is 31.0 Å². The molecule has 1 aliphatic heterocycles. The van der Waals surface area contributed by atoms with Crippen LogP contribution in [-0.2, 0) is 11.2 Å². The van der Waals surface area contributed by atoms with E-state index in [0.717, 1.165) is 0 Å². The van der Waals surface area contributed by atoms with Crippen LogP contribution in [0.3, 0.4) is 0 Å². The smallest absolute Gasteiger partial charge is 0.0997 e. The van der Waals surface area contributed by atoms with Crippen LogP contribution in [0.5, 0.6) is 0 Å². The number of benzene rings is 1. The Bertz CT molecular complexity index is 404. The molecule has 0 aromatic heterocycles. The number of likely N-dealkylation sites (N-methyl/N-ethyl adjacent to an activating group) is 1. The predicted octanol–water partition coefficient (Wildman–Crippen LogP) is 3.93. The molecule has 0 N–H and O–H groups in total. The Labute approximate surface area is 111 Å². The van der Waals surface area contributed by atoms with Gasteiger partial charge in [0.1, 0.15) is 0 Å². The van der Waals surface area contributed by atoms with Crippen LogP contribution in [0.2, 0.25) is 0 Å². The van der Waals surface area contributed by atoms with Crippen molar-refractivity contribution in [2.45, 2.75) is 39.7 Å². The summed E-state index contributed by atoms with van der Waals surface area (Å²) in [5.41, 5.74) is 4.23. The third-order valence-corrected chi connectivity index (χ3v) is 2.80. The van der Waals surface area contributed by atoms with E-state index in [0.29, 0.717) is 0 Å². The topological polar surface area (TPSA) is 12.5 Å². The van der Waals surface area contributed by atoms with Gasteiger partial charge in [0.15, 0.2) is 0 Å². The molecule has 18 heavy (non-hydrogen) atoms. The number of hydrogen-bond donors (Lipinski definition) is 0. The van der Waals surface area contributed by atoms with E-state index < -0.39 is 0 Å². The highest BCUT2D eigenvalue weighted by molar-refractivity contribution is 5.58. The summed E-state index contributed by atoms with van der Waals surface area (Å²) in [6.45, 7) is 12.7. The normalized spacial score (nSPS) is 13.5. The second-order valence-electron chi connectivity index (χ2n) is 5.70. The molecule has 100 valence electrons. The first-order chi connectivity index (χ1) is 8.33. The van der Waals surface area contributed by atoms with Gasteiger partial charge in [0.2, 0.25) is 0 Å². The molecule has 1 aromatic rings. The molecule has 1 heterocycles. The lowest BCUT2D eigenvalue weighted by Crippen LogP contribution is -2.14. The number of anilines is 1. The second-order valence-corrected chi connectivity index (χ2v) is 5.70. The third kappa shape index (κ3) is 4.44. The number of fused-ring (bicyclic) bond motifs is 1. The third-order valence-electron chi connectivity index (χ3n) is 2.80. The molecule has 0 unspecified atom stereocenters. The summed E-state index contributed by atoms with van der Waals surface area (Å²) in [5, 5.41) is 0. The number of ether oxygens (including phenoxy) is 1. The molecule has 2 heteroatoms. The number of rotatable bonds is 1. The molecule has 0 saturated heterocycles. The predicted molar refractivity (Wildman–Crippen MR) is 79.2 cm³/mol. The Morgan fingerprint density at radius 1 is 1.33 bits per heavy atom. The molecule has 0 atom stereocenters. The SMILES string of the molecule is C=COC(C)(C)C.Cc1ccc2c(c1)CCN2C. The van der Waals surface area contributed by atoms with Gasteiger partial charge in [0.05, 0.1) is 11.9 Å². The summed E-state index contributed by atoms with van der Waals surface area (Å²) in [5.74, 6) is 0. The van der Waals surface area contributed by atoms with Crippen LogP contribution in [-0.4, -0.2) is 19.2 Å². The molecule has 2 nitrogen and oxygen atoms in total. The molecule has 0 spiro atoms. The number of hydrogen-bond acceptors (Lipinski definition) is 2. The highest BCUT2D eigenvalue weighted by atomic mass is 16.5. The average molecular weight is 247 g/mol. The summed E-state index contributed by atoms with van der Waals surface area (Å²) < 4.78 is 4.99. The number of nitrogens with zero attached hydrogens (tertiary/aromatic N) is 1. The quantitative estimate of drug-likeness (QED) is 0.697. The summed E-state index contributed by atoms with van der Waals surface area (Å²) in [7, 11) is 2.15. The molecular weight excluding hydrogens is 222 g/mol. The van der Waals surface area contributed by atoms with E-state index in [1.165, 1.54) is 36.0 Å². The van der Waals surface area contributed by atoms with Gasteiger partial charge < -0.3 is 9.64 Å². The lowest BCUT2D eigenvalue weighted by Gasteiger charge is -2.16. The zero-order valence-corrected chi connectivity index (χ0v) is 12.3. The van der Waals surface area contributed by atoms with Gasteiger partial charge in [0, 0.05) is 19.3 Å². The molecule has 0 amide bonds. The van der Waals surface area contributed by atoms with Crippen LogP contribution in [0.1, 0.15) is 31.9 Å². The van der Waals surface area contributed by atoms with Crippen molar-refractivity contribution in [3.63, 3.8) is 0 Å². The molecule has 1 aliphatic rings. The van der Waals surface area contributed by atoms with Gasteiger partial charge in [-0.05, 0) is 45.7 Å². The summed E-state index contributed by atoms with van der Waals surface area (Å²) >= 11 is 0. The molecule has 2 rings (SSSR count). The first-order valence-electron chi connectivity index (χ1n) is 6.43. The van der Waals surface area contributed by atoms with Crippen molar-refractivity contribution in [3.05, 3.63) is 42.2 Å². The maximum atomic E-state index is 4.99. The first kappa shape index (κ1) is 14.6. The Morgan fingerprint density at radius 2 is 2.00 bits per heavy atom. The van der Waals surface area contributed by atoms with Crippen molar-refractivity contribution in [2.24, 2.45) is 0 Å². The summed E-state index contributed by atoms with van der Waals surface area (Å²) in [6, 6.07) is 6.69. The summed E-state index contributed by atoms with van der Waals surface area (Å²) in [4.78, 5) is 2.31. The molecule has 0 aliphatic carbocycles. The number of aryl methyl sites for hydroxylation is 1. The largest absolute Gasteiger partial charge is 0.496 e. The van der Waals surface area contributed by atoms with Crippen molar-refractivity contribution in [2.75, 3.05) is 18.5 Å². The van der Waals surface area contributed by atoms with Gasteiger partial charge >= 0.3 is 0 Å². The second kappa shape index (κ2) is 5.94. The van der Waals surface area contributed by atoms with Crippen LogP contribution in [0.4, 0.5) is 5.69 Å². The van der Waals surface area contributed by atoms with Crippen molar-refractivity contribution in [3.8, 4) is 0 Å². The Kier molecular flexibility index (Phi) is 4.83. The van der Waals surface area contributed by atoms with Crippen LogP contribution < -0.4 is 4.90 Å². The molecule has 0 bridgehead atoms. The van der Waals surface area contributed by atoms with Crippen molar-refractivity contribution < 1.29 is 4.74 Å². The van der Waals surface area contributed by atoms with Crippen molar-refractivity contribution in [1.82, 2.24) is 0 Å². The van der Waals surface area contributed by atoms with Gasteiger partial charge in [-0.15, -0.1) is 0 Å². The molecule has 1 aromatic carbocycles. The van der Waals surface area contributed by atoms with Crippen molar-refractivity contribution in [1.29, 1.82) is 0 Å². The summed E-state index contributed by atoms with van der Waals surface area (Å²) in [6.07, 6.45) is 2.67. The van der Waals surface area contributed by atoms with Crippen LogP contribution in [0, 0.1) is 6.92 Å². The van der Waals surface area contributed by atoms with Gasteiger partial charge in [-0.3, -0.25) is 0 Å². The van der Waals surface area contributed by atoms with E-state index >= 15 is 0 Å². The highest BCUT2D eigenvalue weighted by Gasteiger charge is 2.14. The fraction of sp³-hybridized carbons (Fsp3) is 0.500. The van der Waals surface area contributed by atoms with Crippen LogP contribution >= 0.6 is 0 Å². The minimum Gasteiger partial charge on any atom is -0.496 e. The van der Waals surface area contributed by atoms with E-state index in [1.54, 1.807) is 0 Å². The Balaban J connectivity index is 0.000000203. The zero-order chi connectivity index (χ0) is 13.8. The molecule has 0 saturated carbocycles. The molecule has 0 radical (unpaired) electrons. The fourth-order valence-electron chi connectivity index (χ4n) is 1.95. The van der Waals surface area contributed by atoms with Crippen molar-refractivity contribution >= 4 is 5.69 Å². The van der Waals surface area contributed by atoms with E-state index in [-0.39, 0.29) is 5.60 Å². The Hall–Kier alpha value is -1.44. The Morgan fingerprint density at radius 3 is 2.50 bits per heavy atom. The lowest BCUT2D eigenvalue weighted by molar-refractivity contribution is 0.0775. The fourth-order valence-corrected chi connectivity index (χ4v) is 1.95. The standard InChI is InChI=1S/C10H13N.C6H12O/c1-8-3-4-10-9(7-8)5-6-11(10)2;1-5-7-6(2,3)4/h3-4,7H,5-6H2,1-2H3;5H,1H2,2-4H3. The van der Waals surface area contributed by atoms with Gasteiger partial charge in [-0.25, -0.2) is 0 Å². The monoisotopic (exact) mass is 247 g/mol. The average Bonchev–Trinajstić information content (AvgIpc) is 2.59.